The predicted octanol–water partition coefficient (Wildman–Crippen LogP) is 3.19. The second-order valence-electron chi connectivity index (χ2n) is 3.36. The Labute approximate surface area is 104 Å². The fourth-order valence-electron chi connectivity index (χ4n) is 1.32. The van der Waals surface area contributed by atoms with Crippen LogP contribution in [0.15, 0.2) is 24.3 Å². The Hall–Kier alpha value is -1.13. The van der Waals surface area contributed by atoms with Crippen molar-refractivity contribution in [1.29, 1.82) is 0 Å². The standard InChI is InChI=1S/C11H11FN2S.ClH/c1-7-11(13)15-10(14-7)6-8-2-4-9(12)5-3-8;/h2-5H,6,13H2,1H3;1H. The van der Waals surface area contributed by atoms with Gasteiger partial charge in [0.15, 0.2) is 0 Å². The number of halogens is 2. The van der Waals surface area contributed by atoms with Crippen LogP contribution in [0.5, 0.6) is 0 Å². The molecule has 0 unspecified atom stereocenters. The lowest BCUT2D eigenvalue weighted by Crippen LogP contribution is -1.87. The van der Waals surface area contributed by atoms with Gasteiger partial charge in [-0.1, -0.05) is 12.1 Å². The molecule has 0 atom stereocenters. The van der Waals surface area contributed by atoms with E-state index in [2.05, 4.69) is 4.98 Å². The highest BCUT2D eigenvalue weighted by Gasteiger charge is 2.05. The van der Waals surface area contributed by atoms with Crippen LogP contribution in [0.25, 0.3) is 0 Å². The minimum Gasteiger partial charge on any atom is -0.389 e. The molecule has 5 heteroatoms. The first-order chi connectivity index (χ1) is 7.15. The fraction of sp³-hybridized carbons (Fsp3) is 0.182. The maximum atomic E-state index is 12.7. The summed E-state index contributed by atoms with van der Waals surface area (Å²) in [6.45, 7) is 1.89. The van der Waals surface area contributed by atoms with Crippen molar-refractivity contribution in [1.82, 2.24) is 4.98 Å². The van der Waals surface area contributed by atoms with Gasteiger partial charge in [0.25, 0.3) is 0 Å². The zero-order chi connectivity index (χ0) is 10.8. The number of benzene rings is 1. The summed E-state index contributed by atoms with van der Waals surface area (Å²) in [6.07, 6.45) is 0.711. The van der Waals surface area contributed by atoms with Crippen molar-refractivity contribution in [3.63, 3.8) is 0 Å². The molecule has 2 nitrogen and oxygen atoms in total. The van der Waals surface area contributed by atoms with Crippen LogP contribution in [0.4, 0.5) is 9.39 Å². The molecule has 86 valence electrons. The van der Waals surface area contributed by atoms with Gasteiger partial charge in [-0.05, 0) is 24.6 Å². The lowest BCUT2D eigenvalue weighted by Gasteiger charge is -1.96. The van der Waals surface area contributed by atoms with E-state index in [0.717, 1.165) is 21.3 Å². The fourth-order valence-corrected chi connectivity index (χ4v) is 2.19. The molecule has 0 fully saturated rings. The second-order valence-corrected chi connectivity index (χ2v) is 4.48. The minimum atomic E-state index is -0.214. The quantitative estimate of drug-likeness (QED) is 0.899. The van der Waals surface area contributed by atoms with Gasteiger partial charge in [0.2, 0.25) is 0 Å². The van der Waals surface area contributed by atoms with E-state index >= 15 is 0 Å². The van der Waals surface area contributed by atoms with E-state index in [-0.39, 0.29) is 18.2 Å². The first-order valence-electron chi connectivity index (χ1n) is 4.61. The Bertz CT molecular complexity index is 448. The third kappa shape index (κ3) is 2.93. The molecule has 0 amide bonds. The van der Waals surface area contributed by atoms with Gasteiger partial charge in [-0.2, -0.15) is 0 Å². The SMILES string of the molecule is Cc1nc(Cc2ccc(F)cc2)sc1N.Cl. The molecule has 0 aliphatic carbocycles. The van der Waals surface area contributed by atoms with E-state index < -0.39 is 0 Å². The maximum absolute atomic E-state index is 12.7. The van der Waals surface area contributed by atoms with Crippen molar-refractivity contribution in [2.75, 3.05) is 5.73 Å². The first-order valence-corrected chi connectivity index (χ1v) is 5.43. The van der Waals surface area contributed by atoms with Gasteiger partial charge in [0, 0.05) is 6.42 Å². The number of anilines is 1. The van der Waals surface area contributed by atoms with Crippen molar-refractivity contribution in [2.24, 2.45) is 0 Å². The van der Waals surface area contributed by atoms with Gasteiger partial charge >= 0.3 is 0 Å². The maximum Gasteiger partial charge on any atom is 0.123 e. The molecule has 0 saturated heterocycles. The Balaban J connectivity index is 0.00000128. The third-order valence-electron chi connectivity index (χ3n) is 2.15. The summed E-state index contributed by atoms with van der Waals surface area (Å²) in [5, 5.41) is 1.73. The summed E-state index contributed by atoms with van der Waals surface area (Å²) in [5.74, 6) is -0.214. The largest absolute Gasteiger partial charge is 0.389 e. The van der Waals surface area contributed by atoms with Gasteiger partial charge in [0.05, 0.1) is 10.7 Å². The van der Waals surface area contributed by atoms with E-state index in [4.69, 9.17) is 5.73 Å². The van der Waals surface area contributed by atoms with Crippen molar-refractivity contribution in [3.8, 4) is 0 Å². The summed E-state index contributed by atoms with van der Waals surface area (Å²) >= 11 is 1.49. The molecule has 2 rings (SSSR count). The highest BCUT2D eigenvalue weighted by molar-refractivity contribution is 7.15. The normalized spacial score (nSPS) is 9.88. The van der Waals surface area contributed by atoms with Crippen LogP contribution < -0.4 is 5.73 Å². The van der Waals surface area contributed by atoms with Crippen LogP contribution in [0.3, 0.4) is 0 Å². The van der Waals surface area contributed by atoms with Crippen LogP contribution in [0.1, 0.15) is 16.3 Å². The highest BCUT2D eigenvalue weighted by atomic mass is 35.5. The van der Waals surface area contributed by atoms with Crippen molar-refractivity contribution >= 4 is 28.7 Å². The van der Waals surface area contributed by atoms with Crippen LogP contribution >= 0.6 is 23.7 Å². The topological polar surface area (TPSA) is 38.9 Å². The summed E-state index contributed by atoms with van der Waals surface area (Å²) in [4.78, 5) is 4.33. The van der Waals surface area contributed by atoms with Gasteiger partial charge in [-0.25, -0.2) is 9.37 Å². The highest BCUT2D eigenvalue weighted by Crippen LogP contribution is 2.22. The van der Waals surface area contributed by atoms with E-state index in [1.165, 1.54) is 23.5 Å². The average molecular weight is 259 g/mol. The van der Waals surface area contributed by atoms with Crippen molar-refractivity contribution in [3.05, 3.63) is 46.3 Å². The Kier molecular flexibility index (Phi) is 4.26. The summed E-state index contributed by atoms with van der Waals surface area (Å²) < 4.78 is 12.7. The van der Waals surface area contributed by atoms with Crippen LogP contribution in [0, 0.1) is 12.7 Å². The van der Waals surface area contributed by atoms with Crippen LogP contribution in [-0.2, 0) is 6.42 Å². The number of nitrogens with two attached hydrogens (primary N) is 1. The molecule has 0 saturated carbocycles. The van der Waals surface area contributed by atoms with Gasteiger partial charge in [0.1, 0.15) is 10.8 Å². The van der Waals surface area contributed by atoms with Gasteiger partial charge in [-0.3, -0.25) is 0 Å². The number of nitrogens with zero attached hydrogens (tertiary/aromatic N) is 1. The molecule has 2 aromatic rings. The van der Waals surface area contributed by atoms with E-state index in [0.29, 0.717) is 6.42 Å². The zero-order valence-corrected chi connectivity index (χ0v) is 10.4. The molecular weight excluding hydrogens is 247 g/mol. The molecule has 0 aliphatic rings. The third-order valence-corrected chi connectivity index (χ3v) is 3.13. The van der Waals surface area contributed by atoms with Crippen molar-refractivity contribution < 1.29 is 4.39 Å². The number of hydrogen-bond acceptors (Lipinski definition) is 3. The Morgan fingerprint density at radius 2 is 1.94 bits per heavy atom. The molecule has 1 aromatic carbocycles. The number of thiazole rings is 1. The Morgan fingerprint density at radius 1 is 1.31 bits per heavy atom. The molecule has 1 heterocycles. The van der Waals surface area contributed by atoms with Gasteiger partial charge in [-0.15, -0.1) is 23.7 Å². The number of nitrogen functional groups attached to an aromatic ring is 1. The Morgan fingerprint density at radius 3 is 2.44 bits per heavy atom. The number of aromatic nitrogens is 1. The molecule has 16 heavy (non-hydrogen) atoms. The monoisotopic (exact) mass is 258 g/mol. The number of aryl methyl sites for hydroxylation is 1. The lowest BCUT2D eigenvalue weighted by molar-refractivity contribution is 0.627. The molecule has 2 N–H and O–H groups in total. The molecule has 1 aromatic heterocycles. The number of hydrogen-bond donors (Lipinski definition) is 1. The molecular formula is C11H12ClFN2S. The molecule has 0 bridgehead atoms. The van der Waals surface area contributed by atoms with Crippen LogP contribution in [-0.4, -0.2) is 4.98 Å². The van der Waals surface area contributed by atoms with Crippen LogP contribution in [0.2, 0.25) is 0 Å². The minimum absolute atomic E-state index is 0. The zero-order valence-electron chi connectivity index (χ0n) is 8.74. The summed E-state index contributed by atoms with van der Waals surface area (Å²) in [5.41, 5.74) is 7.63. The number of rotatable bonds is 2. The second kappa shape index (κ2) is 5.27. The first kappa shape index (κ1) is 12.9. The van der Waals surface area contributed by atoms with E-state index in [1.807, 2.05) is 6.92 Å². The average Bonchev–Trinajstić information content (AvgIpc) is 2.50. The van der Waals surface area contributed by atoms with Crippen molar-refractivity contribution in [2.45, 2.75) is 13.3 Å². The summed E-state index contributed by atoms with van der Waals surface area (Å²) in [7, 11) is 0. The molecule has 0 spiro atoms. The van der Waals surface area contributed by atoms with E-state index in [9.17, 15) is 4.39 Å². The summed E-state index contributed by atoms with van der Waals surface area (Å²) in [6, 6.07) is 6.45. The van der Waals surface area contributed by atoms with Gasteiger partial charge < -0.3 is 5.73 Å². The predicted molar refractivity (Wildman–Crippen MR) is 67.7 cm³/mol. The molecule has 0 aliphatic heterocycles. The lowest BCUT2D eigenvalue weighted by atomic mass is 10.1. The molecule has 0 radical (unpaired) electrons. The smallest absolute Gasteiger partial charge is 0.123 e. The van der Waals surface area contributed by atoms with E-state index in [1.54, 1.807) is 12.1 Å².